The van der Waals surface area contributed by atoms with Gasteiger partial charge in [-0.1, -0.05) is 33.8 Å². The van der Waals surface area contributed by atoms with E-state index >= 15 is 0 Å². The molecule has 0 aliphatic carbocycles. The summed E-state index contributed by atoms with van der Waals surface area (Å²) in [6.45, 7) is 10.8. The molecule has 0 unspecified atom stereocenters. The van der Waals surface area contributed by atoms with Gasteiger partial charge in [-0.05, 0) is 50.6 Å². The van der Waals surface area contributed by atoms with Gasteiger partial charge in [0.2, 0.25) is 0 Å². The minimum atomic E-state index is 0.808. The number of nitrogens with zero attached hydrogens (tertiary/aromatic N) is 2. The maximum Gasteiger partial charge on any atom is 0.0361 e. The fourth-order valence-corrected chi connectivity index (χ4v) is 3.32. The van der Waals surface area contributed by atoms with Crippen LogP contribution in [0.5, 0.6) is 0 Å². The van der Waals surface area contributed by atoms with E-state index in [0.717, 1.165) is 12.5 Å². The molecule has 0 aliphatic heterocycles. The Morgan fingerprint density at radius 1 is 1.18 bits per heavy atom. The van der Waals surface area contributed by atoms with Gasteiger partial charge in [-0.25, -0.2) is 0 Å². The van der Waals surface area contributed by atoms with E-state index < -0.39 is 0 Å². The summed E-state index contributed by atoms with van der Waals surface area (Å²) in [7, 11) is 2.21. The van der Waals surface area contributed by atoms with Gasteiger partial charge in [-0.3, -0.25) is 4.98 Å². The molecule has 2 aromatic rings. The summed E-state index contributed by atoms with van der Waals surface area (Å²) >= 11 is 1.87. The maximum absolute atomic E-state index is 4.18. The second kappa shape index (κ2) is 10.5. The Bertz CT molecular complexity index is 505. The molecule has 3 heteroatoms. The Morgan fingerprint density at radius 2 is 1.95 bits per heavy atom. The van der Waals surface area contributed by atoms with Crippen LogP contribution in [0.3, 0.4) is 0 Å². The molecule has 0 N–H and O–H groups in total. The fourth-order valence-electron chi connectivity index (χ4n) is 2.24. The van der Waals surface area contributed by atoms with E-state index in [1.165, 1.54) is 34.7 Å². The Kier molecular flexibility index (Phi) is 9.02. The number of thiophene rings is 1. The first-order valence-corrected chi connectivity index (χ1v) is 9.14. The van der Waals surface area contributed by atoms with E-state index in [9.17, 15) is 0 Å². The molecule has 2 nitrogen and oxygen atoms in total. The summed E-state index contributed by atoms with van der Waals surface area (Å²) < 4.78 is 0. The summed E-state index contributed by atoms with van der Waals surface area (Å²) in [5.74, 6) is 0.808. The van der Waals surface area contributed by atoms with Gasteiger partial charge in [0.1, 0.15) is 0 Å². The van der Waals surface area contributed by atoms with Crippen LogP contribution in [-0.4, -0.2) is 23.5 Å². The Labute approximate surface area is 140 Å². The lowest BCUT2D eigenvalue weighted by Gasteiger charge is -2.16. The van der Waals surface area contributed by atoms with Crippen molar-refractivity contribution in [2.45, 2.75) is 47.1 Å². The van der Waals surface area contributed by atoms with Crippen molar-refractivity contribution in [1.29, 1.82) is 0 Å². The first-order valence-electron chi connectivity index (χ1n) is 8.33. The summed E-state index contributed by atoms with van der Waals surface area (Å²) in [6, 6.07) is 8.56. The quantitative estimate of drug-likeness (QED) is 0.650. The minimum absolute atomic E-state index is 0.808. The smallest absolute Gasteiger partial charge is 0.0361 e. The summed E-state index contributed by atoms with van der Waals surface area (Å²) in [6.07, 6.45) is 6.35. The molecule has 0 amide bonds. The third kappa shape index (κ3) is 6.71. The first kappa shape index (κ1) is 18.9. The van der Waals surface area contributed by atoms with Crippen molar-refractivity contribution in [3.8, 4) is 10.4 Å². The van der Waals surface area contributed by atoms with Crippen molar-refractivity contribution in [2.75, 3.05) is 13.6 Å². The van der Waals surface area contributed by atoms with Crippen molar-refractivity contribution in [3.05, 3.63) is 41.5 Å². The van der Waals surface area contributed by atoms with Gasteiger partial charge in [0, 0.05) is 34.3 Å². The molecular weight excluding hydrogens is 288 g/mol. The number of rotatable bonds is 7. The van der Waals surface area contributed by atoms with Gasteiger partial charge < -0.3 is 4.90 Å². The number of pyridine rings is 1. The second-order valence-electron chi connectivity index (χ2n) is 5.78. The van der Waals surface area contributed by atoms with Gasteiger partial charge >= 0.3 is 0 Å². The number of hydrogen-bond acceptors (Lipinski definition) is 3. The maximum atomic E-state index is 4.18. The summed E-state index contributed by atoms with van der Waals surface area (Å²) in [5.41, 5.74) is 1.21. The zero-order valence-corrected chi connectivity index (χ0v) is 15.5. The van der Waals surface area contributed by atoms with Crippen molar-refractivity contribution in [3.63, 3.8) is 0 Å². The summed E-state index contributed by atoms with van der Waals surface area (Å²) in [5, 5.41) is 0. The van der Waals surface area contributed by atoms with Gasteiger partial charge in [0.25, 0.3) is 0 Å². The molecule has 0 aliphatic rings. The molecule has 0 saturated heterocycles. The van der Waals surface area contributed by atoms with Crippen LogP contribution in [0.2, 0.25) is 0 Å². The highest BCUT2D eigenvalue weighted by molar-refractivity contribution is 7.15. The lowest BCUT2D eigenvalue weighted by atomic mass is 10.1. The van der Waals surface area contributed by atoms with Crippen LogP contribution in [0.4, 0.5) is 0 Å². The topological polar surface area (TPSA) is 16.1 Å². The molecule has 2 rings (SSSR count). The van der Waals surface area contributed by atoms with Gasteiger partial charge in [-0.15, -0.1) is 11.3 Å². The third-order valence-corrected chi connectivity index (χ3v) is 4.47. The zero-order valence-electron chi connectivity index (χ0n) is 14.7. The van der Waals surface area contributed by atoms with Gasteiger partial charge in [-0.2, -0.15) is 0 Å². The monoisotopic (exact) mass is 318 g/mol. The summed E-state index contributed by atoms with van der Waals surface area (Å²) in [4.78, 5) is 9.34. The predicted molar refractivity (Wildman–Crippen MR) is 99.3 cm³/mol. The average Bonchev–Trinajstić information content (AvgIpc) is 2.98. The Balaban J connectivity index is 0.00000116. The van der Waals surface area contributed by atoms with Crippen molar-refractivity contribution in [1.82, 2.24) is 9.88 Å². The average molecular weight is 319 g/mol. The molecule has 0 aromatic carbocycles. The highest BCUT2D eigenvalue weighted by Crippen LogP contribution is 2.28. The first-order chi connectivity index (χ1) is 10.6. The lowest BCUT2D eigenvalue weighted by Crippen LogP contribution is -2.18. The van der Waals surface area contributed by atoms with E-state index in [1.807, 2.05) is 43.6 Å². The molecule has 0 saturated carbocycles. The van der Waals surface area contributed by atoms with Crippen molar-refractivity contribution < 1.29 is 0 Å². The second-order valence-corrected chi connectivity index (χ2v) is 6.95. The normalized spacial score (nSPS) is 10.7. The van der Waals surface area contributed by atoms with Crippen LogP contribution in [0.25, 0.3) is 10.4 Å². The zero-order chi connectivity index (χ0) is 16.4. The molecule has 0 spiro atoms. The van der Waals surface area contributed by atoms with Crippen molar-refractivity contribution in [2.24, 2.45) is 5.92 Å². The highest BCUT2D eigenvalue weighted by atomic mass is 32.1. The Morgan fingerprint density at radius 3 is 2.59 bits per heavy atom. The van der Waals surface area contributed by atoms with Crippen LogP contribution in [0, 0.1) is 5.92 Å². The molecule has 0 radical (unpaired) electrons. The van der Waals surface area contributed by atoms with E-state index in [2.05, 4.69) is 49.0 Å². The molecule has 2 aromatic heterocycles. The molecular formula is C19H30N2S. The standard InChI is InChI=1S/C17H24N2S.C2H6/c1-14(2)6-5-11-19(3)13-16-8-9-17(20-16)15-7-4-10-18-12-15;1-2/h4,7-10,12,14H,5-6,11,13H2,1-3H3;1-2H3. The van der Waals surface area contributed by atoms with Crippen LogP contribution in [0.1, 0.15) is 45.4 Å². The molecule has 22 heavy (non-hydrogen) atoms. The predicted octanol–water partition coefficient (Wildman–Crippen LogP) is 5.70. The molecule has 0 bridgehead atoms. The molecule has 0 atom stereocenters. The van der Waals surface area contributed by atoms with E-state index in [0.29, 0.717) is 0 Å². The Hall–Kier alpha value is -1.19. The van der Waals surface area contributed by atoms with Crippen LogP contribution < -0.4 is 0 Å². The molecule has 2 heterocycles. The van der Waals surface area contributed by atoms with Crippen LogP contribution in [-0.2, 0) is 6.54 Å². The highest BCUT2D eigenvalue weighted by Gasteiger charge is 2.06. The minimum Gasteiger partial charge on any atom is -0.301 e. The van der Waals surface area contributed by atoms with Gasteiger partial charge in [0.05, 0.1) is 0 Å². The van der Waals surface area contributed by atoms with E-state index in [1.54, 1.807) is 0 Å². The van der Waals surface area contributed by atoms with Crippen molar-refractivity contribution >= 4 is 11.3 Å². The van der Waals surface area contributed by atoms with Crippen LogP contribution >= 0.6 is 11.3 Å². The third-order valence-electron chi connectivity index (χ3n) is 3.35. The lowest BCUT2D eigenvalue weighted by molar-refractivity contribution is 0.313. The molecule has 0 fully saturated rings. The van der Waals surface area contributed by atoms with E-state index in [-0.39, 0.29) is 0 Å². The molecule has 122 valence electrons. The number of hydrogen-bond donors (Lipinski definition) is 0. The number of aromatic nitrogens is 1. The van der Waals surface area contributed by atoms with Gasteiger partial charge in [0.15, 0.2) is 0 Å². The fraction of sp³-hybridized carbons (Fsp3) is 0.526. The van der Waals surface area contributed by atoms with Crippen LogP contribution in [0.15, 0.2) is 36.7 Å². The SMILES string of the molecule is CC.CC(C)CCCN(C)Cc1ccc(-c2cccnc2)s1. The largest absolute Gasteiger partial charge is 0.301 e. The van der Waals surface area contributed by atoms with E-state index in [4.69, 9.17) is 0 Å².